The Labute approximate surface area is 108 Å². The summed E-state index contributed by atoms with van der Waals surface area (Å²) >= 11 is 0. The van der Waals surface area contributed by atoms with Gasteiger partial charge in [-0.1, -0.05) is 6.07 Å². The van der Waals surface area contributed by atoms with Gasteiger partial charge in [-0.2, -0.15) is 0 Å². The molecular weight excluding hydrogens is 220 g/mol. The second kappa shape index (κ2) is 4.20. The number of hydrogen-bond acceptors (Lipinski definition) is 1. The molecular formula is C16H20N2. The van der Waals surface area contributed by atoms with E-state index < -0.39 is 0 Å². The van der Waals surface area contributed by atoms with Gasteiger partial charge in [-0.15, -0.1) is 0 Å². The van der Waals surface area contributed by atoms with Gasteiger partial charge in [-0.25, -0.2) is 0 Å². The molecule has 1 aromatic carbocycles. The third-order valence-electron chi connectivity index (χ3n) is 4.09. The van der Waals surface area contributed by atoms with Gasteiger partial charge in [0.05, 0.1) is 6.04 Å². The molecule has 0 spiro atoms. The topological polar surface area (TPSA) is 30.9 Å². The molecule has 1 aromatic heterocycles. The van der Waals surface area contributed by atoms with E-state index in [1.54, 1.807) is 0 Å². The SMILES string of the molecule is Cc1ccc(C)n1C1CCCc2cc(N)ccc21. The van der Waals surface area contributed by atoms with Crippen LogP contribution in [0.2, 0.25) is 0 Å². The van der Waals surface area contributed by atoms with E-state index in [1.807, 2.05) is 6.07 Å². The zero-order chi connectivity index (χ0) is 12.7. The summed E-state index contributed by atoms with van der Waals surface area (Å²) in [4.78, 5) is 0. The molecule has 2 nitrogen and oxygen atoms in total. The summed E-state index contributed by atoms with van der Waals surface area (Å²) in [5, 5.41) is 0. The van der Waals surface area contributed by atoms with Crippen molar-refractivity contribution < 1.29 is 0 Å². The van der Waals surface area contributed by atoms with Crippen molar-refractivity contribution in [2.24, 2.45) is 0 Å². The van der Waals surface area contributed by atoms with Crippen molar-refractivity contribution in [3.8, 4) is 0 Å². The number of fused-ring (bicyclic) bond motifs is 1. The highest BCUT2D eigenvalue weighted by molar-refractivity contribution is 5.47. The second-order valence-electron chi connectivity index (χ2n) is 5.35. The van der Waals surface area contributed by atoms with Gasteiger partial charge in [0.15, 0.2) is 0 Å². The molecule has 0 radical (unpaired) electrons. The Morgan fingerprint density at radius 3 is 2.56 bits per heavy atom. The van der Waals surface area contributed by atoms with Crippen molar-refractivity contribution >= 4 is 5.69 Å². The molecule has 0 saturated heterocycles. The molecule has 1 aliphatic carbocycles. The summed E-state index contributed by atoms with van der Waals surface area (Å²) in [6, 6.07) is 11.3. The molecule has 18 heavy (non-hydrogen) atoms. The van der Waals surface area contributed by atoms with E-state index in [0.29, 0.717) is 6.04 Å². The van der Waals surface area contributed by atoms with Crippen LogP contribution in [0.5, 0.6) is 0 Å². The standard InChI is InChI=1S/C16H20N2/c1-11-6-7-12(2)18(11)16-5-3-4-13-10-14(17)8-9-15(13)16/h6-10,16H,3-5,17H2,1-2H3. The Morgan fingerprint density at radius 2 is 1.83 bits per heavy atom. The maximum absolute atomic E-state index is 5.90. The number of hydrogen-bond donors (Lipinski definition) is 1. The van der Waals surface area contributed by atoms with Crippen LogP contribution in [-0.2, 0) is 6.42 Å². The maximum Gasteiger partial charge on any atom is 0.0587 e. The van der Waals surface area contributed by atoms with Crippen LogP contribution in [0.3, 0.4) is 0 Å². The summed E-state index contributed by atoms with van der Waals surface area (Å²) < 4.78 is 2.47. The van der Waals surface area contributed by atoms with Gasteiger partial charge in [0, 0.05) is 17.1 Å². The normalized spacial score (nSPS) is 18.7. The molecule has 94 valence electrons. The van der Waals surface area contributed by atoms with Gasteiger partial charge in [-0.3, -0.25) is 0 Å². The molecule has 2 aromatic rings. The number of nitrogen functional groups attached to an aromatic ring is 1. The number of benzene rings is 1. The van der Waals surface area contributed by atoms with E-state index in [4.69, 9.17) is 5.73 Å². The first-order chi connectivity index (χ1) is 8.66. The van der Waals surface area contributed by atoms with E-state index in [2.05, 4.69) is 42.7 Å². The Balaban J connectivity index is 2.12. The fraction of sp³-hybridized carbons (Fsp3) is 0.375. The van der Waals surface area contributed by atoms with Gasteiger partial charge in [0.2, 0.25) is 0 Å². The first kappa shape index (κ1) is 11.4. The minimum atomic E-state index is 0.490. The van der Waals surface area contributed by atoms with E-state index in [0.717, 1.165) is 12.1 Å². The highest BCUT2D eigenvalue weighted by Gasteiger charge is 2.23. The van der Waals surface area contributed by atoms with Gasteiger partial charge >= 0.3 is 0 Å². The van der Waals surface area contributed by atoms with Crippen LogP contribution < -0.4 is 5.73 Å². The number of rotatable bonds is 1. The largest absolute Gasteiger partial charge is 0.399 e. The summed E-state index contributed by atoms with van der Waals surface area (Å²) in [6.07, 6.45) is 3.64. The highest BCUT2D eigenvalue weighted by Crippen LogP contribution is 2.35. The van der Waals surface area contributed by atoms with Gasteiger partial charge < -0.3 is 10.3 Å². The van der Waals surface area contributed by atoms with Crippen molar-refractivity contribution in [2.45, 2.75) is 39.2 Å². The Hall–Kier alpha value is -1.70. The summed E-state index contributed by atoms with van der Waals surface area (Å²) in [6.45, 7) is 4.39. The van der Waals surface area contributed by atoms with Gasteiger partial charge in [0.1, 0.15) is 0 Å². The van der Waals surface area contributed by atoms with Crippen LogP contribution in [0.4, 0.5) is 5.69 Å². The van der Waals surface area contributed by atoms with Crippen LogP contribution in [0, 0.1) is 13.8 Å². The van der Waals surface area contributed by atoms with E-state index >= 15 is 0 Å². The van der Waals surface area contributed by atoms with Crippen LogP contribution in [0.25, 0.3) is 0 Å². The number of nitrogens with zero attached hydrogens (tertiary/aromatic N) is 1. The average molecular weight is 240 g/mol. The van der Waals surface area contributed by atoms with Crippen molar-refractivity contribution in [2.75, 3.05) is 5.73 Å². The Morgan fingerprint density at radius 1 is 1.11 bits per heavy atom. The molecule has 0 aliphatic heterocycles. The molecule has 0 saturated carbocycles. The number of aromatic nitrogens is 1. The van der Waals surface area contributed by atoms with Gasteiger partial charge in [-0.05, 0) is 68.5 Å². The predicted molar refractivity (Wildman–Crippen MR) is 75.8 cm³/mol. The van der Waals surface area contributed by atoms with E-state index in [-0.39, 0.29) is 0 Å². The zero-order valence-corrected chi connectivity index (χ0v) is 11.1. The van der Waals surface area contributed by atoms with E-state index in [9.17, 15) is 0 Å². The molecule has 0 fully saturated rings. The molecule has 1 heterocycles. The fourth-order valence-electron chi connectivity index (χ4n) is 3.25. The second-order valence-corrected chi connectivity index (χ2v) is 5.35. The van der Waals surface area contributed by atoms with Crippen molar-refractivity contribution in [3.63, 3.8) is 0 Å². The molecule has 2 heteroatoms. The quantitative estimate of drug-likeness (QED) is 0.758. The lowest BCUT2D eigenvalue weighted by Gasteiger charge is -2.29. The molecule has 3 rings (SSSR count). The molecule has 0 amide bonds. The van der Waals surface area contributed by atoms with Crippen LogP contribution in [-0.4, -0.2) is 4.57 Å². The molecule has 1 unspecified atom stereocenters. The van der Waals surface area contributed by atoms with Crippen LogP contribution in [0.1, 0.15) is 41.4 Å². The van der Waals surface area contributed by atoms with E-state index in [1.165, 1.54) is 35.4 Å². The highest BCUT2D eigenvalue weighted by atomic mass is 15.0. The lowest BCUT2D eigenvalue weighted by molar-refractivity contribution is 0.477. The third kappa shape index (κ3) is 1.72. The zero-order valence-electron chi connectivity index (χ0n) is 11.1. The molecule has 2 N–H and O–H groups in total. The third-order valence-corrected chi connectivity index (χ3v) is 4.09. The Kier molecular flexibility index (Phi) is 2.66. The molecule has 0 bridgehead atoms. The van der Waals surface area contributed by atoms with Crippen LogP contribution >= 0.6 is 0 Å². The summed E-state index contributed by atoms with van der Waals surface area (Å²) in [7, 11) is 0. The number of anilines is 1. The Bertz CT molecular complexity index is 561. The fourth-order valence-corrected chi connectivity index (χ4v) is 3.25. The summed E-state index contributed by atoms with van der Waals surface area (Å²) in [5.41, 5.74) is 12.4. The first-order valence-electron chi connectivity index (χ1n) is 6.69. The minimum absolute atomic E-state index is 0.490. The van der Waals surface area contributed by atoms with Gasteiger partial charge in [0.25, 0.3) is 0 Å². The van der Waals surface area contributed by atoms with Crippen molar-refractivity contribution in [1.29, 1.82) is 0 Å². The average Bonchev–Trinajstić information content (AvgIpc) is 2.68. The van der Waals surface area contributed by atoms with Crippen molar-refractivity contribution in [3.05, 3.63) is 52.8 Å². The maximum atomic E-state index is 5.90. The van der Waals surface area contributed by atoms with Crippen LogP contribution in [0.15, 0.2) is 30.3 Å². The summed E-state index contributed by atoms with van der Waals surface area (Å²) in [5.74, 6) is 0. The number of nitrogens with two attached hydrogens (primary N) is 1. The molecule has 1 atom stereocenters. The first-order valence-corrected chi connectivity index (χ1v) is 6.69. The predicted octanol–water partition coefficient (Wildman–Crippen LogP) is 3.61. The lowest BCUT2D eigenvalue weighted by atomic mass is 9.87. The minimum Gasteiger partial charge on any atom is -0.399 e. The van der Waals surface area contributed by atoms with Crippen molar-refractivity contribution in [1.82, 2.24) is 4.57 Å². The smallest absolute Gasteiger partial charge is 0.0587 e. The molecule has 1 aliphatic rings. The lowest BCUT2D eigenvalue weighted by Crippen LogP contribution is -2.19. The monoisotopic (exact) mass is 240 g/mol. The number of aryl methyl sites for hydroxylation is 3.